The van der Waals surface area contributed by atoms with E-state index in [4.69, 9.17) is 4.74 Å². The largest absolute Gasteiger partial charge is 0.494 e. The van der Waals surface area contributed by atoms with Crippen molar-refractivity contribution in [3.05, 3.63) is 35.3 Å². The van der Waals surface area contributed by atoms with Gasteiger partial charge in [-0.15, -0.1) is 11.3 Å². The molecule has 1 amide bonds. The summed E-state index contributed by atoms with van der Waals surface area (Å²) in [4.78, 5) is 28.2. The molecule has 2 rings (SSSR count). The van der Waals surface area contributed by atoms with Gasteiger partial charge in [-0.1, -0.05) is 13.8 Å². The minimum absolute atomic E-state index is 0.0448. The van der Waals surface area contributed by atoms with Crippen molar-refractivity contribution < 1.29 is 19.4 Å². The van der Waals surface area contributed by atoms with Crippen LogP contribution in [0, 0.1) is 5.92 Å². The molecule has 0 saturated carbocycles. The number of hydrogen-bond donors (Lipinski definition) is 2. The zero-order chi connectivity index (χ0) is 19.3. The van der Waals surface area contributed by atoms with Crippen molar-refractivity contribution in [1.82, 2.24) is 10.3 Å². The maximum atomic E-state index is 12.3. The number of nitrogens with one attached hydrogen (secondary N) is 1. The summed E-state index contributed by atoms with van der Waals surface area (Å²) in [7, 11) is 0. The van der Waals surface area contributed by atoms with Crippen LogP contribution in [0.3, 0.4) is 0 Å². The Bertz CT molecular complexity index is 770. The van der Waals surface area contributed by atoms with Gasteiger partial charge in [0, 0.05) is 10.9 Å². The van der Waals surface area contributed by atoms with E-state index in [9.17, 15) is 14.7 Å². The third-order valence-electron chi connectivity index (χ3n) is 4.30. The van der Waals surface area contributed by atoms with Crippen LogP contribution in [0.15, 0.2) is 29.6 Å². The molecule has 0 spiro atoms. The highest BCUT2D eigenvalue weighted by Crippen LogP contribution is 2.26. The molecule has 0 radical (unpaired) electrons. The van der Waals surface area contributed by atoms with E-state index < -0.39 is 11.5 Å². The Hall–Kier alpha value is -2.41. The fourth-order valence-corrected chi connectivity index (χ4v) is 3.15. The van der Waals surface area contributed by atoms with E-state index in [1.54, 1.807) is 13.8 Å². The maximum absolute atomic E-state index is 12.3. The molecule has 7 heteroatoms. The van der Waals surface area contributed by atoms with E-state index in [0.717, 1.165) is 16.3 Å². The summed E-state index contributed by atoms with van der Waals surface area (Å²) in [5.41, 5.74) is 0.265. The second kappa shape index (κ2) is 8.31. The van der Waals surface area contributed by atoms with Crippen LogP contribution in [-0.2, 0) is 16.0 Å². The predicted octanol–water partition coefficient (Wildman–Crippen LogP) is 3.37. The maximum Gasteiger partial charge on any atom is 0.329 e. The number of ether oxygens (including phenoxy) is 1. The average Bonchev–Trinajstić information content (AvgIpc) is 3.03. The molecule has 2 aromatic rings. The molecule has 140 valence electrons. The quantitative estimate of drug-likeness (QED) is 0.737. The lowest BCUT2D eigenvalue weighted by Gasteiger charge is -2.30. The SMILES string of the molecule is CCOc1ccc(-c2nc(CC(=O)NC(C)(C(=O)O)C(C)C)cs2)cc1. The highest BCUT2D eigenvalue weighted by molar-refractivity contribution is 7.13. The Kier molecular flexibility index (Phi) is 6.37. The molecule has 1 aromatic heterocycles. The van der Waals surface area contributed by atoms with Crippen molar-refractivity contribution in [3.63, 3.8) is 0 Å². The molecule has 0 aliphatic carbocycles. The lowest BCUT2D eigenvalue weighted by molar-refractivity contribution is -0.148. The molecular weight excluding hydrogens is 352 g/mol. The molecule has 26 heavy (non-hydrogen) atoms. The third-order valence-corrected chi connectivity index (χ3v) is 5.24. The number of benzene rings is 1. The first-order valence-corrected chi connectivity index (χ1v) is 9.36. The molecule has 0 aliphatic heterocycles. The molecule has 0 bridgehead atoms. The fourth-order valence-electron chi connectivity index (χ4n) is 2.32. The number of hydrogen-bond acceptors (Lipinski definition) is 5. The third kappa shape index (κ3) is 4.60. The van der Waals surface area contributed by atoms with Crippen LogP contribution in [0.5, 0.6) is 5.75 Å². The van der Waals surface area contributed by atoms with E-state index >= 15 is 0 Å². The Labute approximate surface area is 157 Å². The number of amides is 1. The minimum Gasteiger partial charge on any atom is -0.494 e. The molecule has 1 atom stereocenters. The average molecular weight is 376 g/mol. The number of rotatable bonds is 8. The molecule has 1 unspecified atom stereocenters. The summed E-state index contributed by atoms with van der Waals surface area (Å²) in [6, 6.07) is 7.61. The number of nitrogens with zero attached hydrogens (tertiary/aromatic N) is 1. The van der Waals surface area contributed by atoms with Gasteiger partial charge < -0.3 is 15.2 Å². The van der Waals surface area contributed by atoms with Crippen molar-refractivity contribution in [2.24, 2.45) is 5.92 Å². The summed E-state index contributed by atoms with van der Waals surface area (Å²) >= 11 is 1.45. The van der Waals surface area contributed by atoms with Crippen LogP contribution in [0.1, 0.15) is 33.4 Å². The number of thiazole rings is 1. The van der Waals surface area contributed by atoms with Gasteiger partial charge in [-0.05, 0) is 44.0 Å². The first kappa shape index (κ1) is 19.9. The molecule has 1 heterocycles. The molecule has 0 fully saturated rings. The lowest BCUT2D eigenvalue weighted by Crippen LogP contribution is -2.56. The normalized spacial score (nSPS) is 13.3. The minimum atomic E-state index is -1.30. The number of carboxylic acid groups (broad SMARTS) is 1. The summed E-state index contributed by atoms with van der Waals surface area (Å²) in [5, 5.41) is 14.6. The van der Waals surface area contributed by atoms with Gasteiger partial charge in [-0.3, -0.25) is 4.79 Å². The van der Waals surface area contributed by atoms with E-state index in [2.05, 4.69) is 10.3 Å². The molecular formula is C19H24N2O4S. The Morgan fingerprint density at radius 3 is 2.50 bits per heavy atom. The van der Waals surface area contributed by atoms with E-state index in [1.165, 1.54) is 18.3 Å². The number of carbonyl (C=O) groups is 2. The Balaban J connectivity index is 2.05. The zero-order valence-corrected chi connectivity index (χ0v) is 16.2. The van der Waals surface area contributed by atoms with E-state index in [1.807, 2.05) is 36.6 Å². The number of aromatic nitrogens is 1. The predicted molar refractivity (Wildman–Crippen MR) is 101 cm³/mol. The van der Waals surface area contributed by atoms with Crippen LogP contribution in [0.25, 0.3) is 10.6 Å². The summed E-state index contributed by atoms with van der Waals surface area (Å²) in [5.74, 6) is -0.839. The molecule has 0 saturated heterocycles. The van der Waals surface area contributed by atoms with Crippen LogP contribution in [-0.4, -0.2) is 34.1 Å². The van der Waals surface area contributed by atoms with Gasteiger partial charge in [0.1, 0.15) is 16.3 Å². The van der Waals surface area contributed by atoms with Gasteiger partial charge in [0.05, 0.1) is 18.7 Å². The first-order valence-electron chi connectivity index (χ1n) is 8.48. The second-order valence-electron chi connectivity index (χ2n) is 6.49. The van der Waals surface area contributed by atoms with Gasteiger partial charge in [-0.25, -0.2) is 9.78 Å². The van der Waals surface area contributed by atoms with Crippen LogP contribution >= 0.6 is 11.3 Å². The summed E-state index contributed by atoms with van der Waals surface area (Å²) in [6.45, 7) is 7.59. The zero-order valence-electron chi connectivity index (χ0n) is 15.4. The molecule has 2 N–H and O–H groups in total. The fraction of sp³-hybridized carbons (Fsp3) is 0.421. The topological polar surface area (TPSA) is 88.5 Å². The smallest absolute Gasteiger partial charge is 0.329 e. The number of carbonyl (C=O) groups excluding carboxylic acids is 1. The molecule has 1 aromatic carbocycles. The second-order valence-corrected chi connectivity index (χ2v) is 7.35. The van der Waals surface area contributed by atoms with Crippen molar-refractivity contribution >= 4 is 23.2 Å². The van der Waals surface area contributed by atoms with Crippen LogP contribution < -0.4 is 10.1 Å². The standard InChI is InChI=1S/C19H24N2O4S/c1-5-25-15-8-6-13(7-9-15)17-20-14(11-26-17)10-16(22)21-19(4,12(2)3)18(23)24/h6-9,11-12H,5,10H2,1-4H3,(H,21,22)(H,23,24). The van der Waals surface area contributed by atoms with Crippen molar-refractivity contribution in [1.29, 1.82) is 0 Å². The summed E-state index contributed by atoms with van der Waals surface area (Å²) in [6.07, 6.45) is 0.0448. The van der Waals surface area contributed by atoms with Gasteiger partial charge in [0.2, 0.25) is 5.91 Å². The Morgan fingerprint density at radius 2 is 1.96 bits per heavy atom. The highest BCUT2D eigenvalue weighted by Gasteiger charge is 2.38. The number of carboxylic acids is 1. The number of aliphatic carboxylic acids is 1. The van der Waals surface area contributed by atoms with Crippen LogP contribution in [0.4, 0.5) is 0 Å². The molecule has 0 aliphatic rings. The van der Waals surface area contributed by atoms with Gasteiger partial charge in [0.25, 0.3) is 0 Å². The Morgan fingerprint density at radius 1 is 1.31 bits per heavy atom. The monoisotopic (exact) mass is 376 g/mol. The van der Waals surface area contributed by atoms with E-state index in [-0.39, 0.29) is 18.2 Å². The lowest BCUT2D eigenvalue weighted by atomic mass is 9.88. The molecule has 6 nitrogen and oxygen atoms in total. The van der Waals surface area contributed by atoms with Gasteiger partial charge >= 0.3 is 5.97 Å². The van der Waals surface area contributed by atoms with Crippen LogP contribution in [0.2, 0.25) is 0 Å². The highest BCUT2D eigenvalue weighted by atomic mass is 32.1. The van der Waals surface area contributed by atoms with E-state index in [0.29, 0.717) is 12.3 Å². The first-order chi connectivity index (χ1) is 12.3. The summed E-state index contributed by atoms with van der Waals surface area (Å²) < 4.78 is 5.42. The van der Waals surface area contributed by atoms with Crippen molar-refractivity contribution in [2.75, 3.05) is 6.61 Å². The van der Waals surface area contributed by atoms with Crippen molar-refractivity contribution in [2.45, 2.75) is 39.7 Å². The van der Waals surface area contributed by atoms with Gasteiger partial charge in [-0.2, -0.15) is 0 Å². The van der Waals surface area contributed by atoms with Crippen molar-refractivity contribution in [3.8, 4) is 16.3 Å². The van der Waals surface area contributed by atoms with Gasteiger partial charge in [0.15, 0.2) is 0 Å².